The van der Waals surface area contributed by atoms with Crippen molar-refractivity contribution in [1.82, 2.24) is 0 Å². The summed E-state index contributed by atoms with van der Waals surface area (Å²) < 4.78 is 28.1. The molecule has 3 aromatic rings. The van der Waals surface area contributed by atoms with Gasteiger partial charge in [-0.1, -0.05) is 65.2 Å². The van der Waals surface area contributed by atoms with Crippen molar-refractivity contribution in [3.63, 3.8) is 0 Å². The van der Waals surface area contributed by atoms with Crippen LogP contribution in [0.1, 0.15) is 22.3 Å². The number of hydrogen-bond acceptors (Lipinski definition) is 2. The van der Waals surface area contributed by atoms with Crippen molar-refractivity contribution in [1.29, 1.82) is 0 Å². The maximum Gasteiger partial charge on any atom is 0.264 e. The third kappa shape index (κ3) is 3.97. The first kappa shape index (κ1) is 18.2. The normalized spacial score (nSPS) is 11.3. The number of rotatable bonds is 5. The second-order valence-electron chi connectivity index (χ2n) is 6.65. The van der Waals surface area contributed by atoms with Crippen LogP contribution in [-0.2, 0) is 16.6 Å². The molecule has 0 N–H and O–H groups in total. The van der Waals surface area contributed by atoms with Gasteiger partial charge in [0.1, 0.15) is 0 Å². The van der Waals surface area contributed by atoms with Gasteiger partial charge in [0.25, 0.3) is 10.0 Å². The molecule has 0 bridgehead atoms. The van der Waals surface area contributed by atoms with Gasteiger partial charge in [-0.05, 0) is 50.6 Å². The molecule has 3 rings (SSSR count). The number of hydrogen-bond donors (Lipinski definition) is 0. The molecule has 0 saturated carbocycles. The highest BCUT2D eigenvalue weighted by atomic mass is 32.2. The number of benzene rings is 3. The summed E-state index contributed by atoms with van der Waals surface area (Å²) in [4.78, 5) is 0.302. The molecule has 0 spiro atoms. The van der Waals surface area contributed by atoms with Crippen LogP contribution in [0.5, 0.6) is 0 Å². The molecule has 0 saturated heterocycles. The zero-order chi connectivity index (χ0) is 18.7. The number of anilines is 1. The second kappa shape index (κ2) is 7.34. The minimum absolute atomic E-state index is 0.291. The molecule has 0 heterocycles. The Morgan fingerprint density at radius 2 is 1.08 bits per heavy atom. The third-order valence-electron chi connectivity index (χ3n) is 4.38. The maximum atomic E-state index is 13.3. The van der Waals surface area contributed by atoms with Crippen LogP contribution < -0.4 is 4.31 Å². The molecule has 134 valence electrons. The minimum Gasteiger partial charge on any atom is -0.262 e. The van der Waals surface area contributed by atoms with E-state index >= 15 is 0 Å². The molecule has 26 heavy (non-hydrogen) atoms. The Morgan fingerprint density at radius 1 is 0.654 bits per heavy atom. The lowest BCUT2D eigenvalue weighted by Gasteiger charge is -2.25. The van der Waals surface area contributed by atoms with E-state index in [2.05, 4.69) is 0 Å². The van der Waals surface area contributed by atoms with Crippen LogP contribution in [0.3, 0.4) is 0 Å². The van der Waals surface area contributed by atoms with Crippen LogP contribution in [0.25, 0.3) is 0 Å². The van der Waals surface area contributed by atoms with Gasteiger partial charge >= 0.3 is 0 Å². The van der Waals surface area contributed by atoms with Crippen molar-refractivity contribution < 1.29 is 8.42 Å². The smallest absolute Gasteiger partial charge is 0.262 e. The van der Waals surface area contributed by atoms with E-state index in [1.165, 1.54) is 4.31 Å². The van der Waals surface area contributed by atoms with Crippen LogP contribution in [-0.4, -0.2) is 8.42 Å². The van der Waals surface area contributed by atoms with Crippen molar-refractivity contribution in [3.8, 4) is 0 Å². The van der Waals surface area contributed by atoms with Crippen LogP contribution >= 0.6 is 0 Å². The zero-order valence-electron chi connectivity index (χ0n) is 15.3. The minimum atomic E-state index is -3.66. The predicted molar refractivity (Wildman–Crippen MR) is 107 cm³/mol. The lowest BCUT2D eigenvalue weighted by atomic mass is 10.1. The summed E-state index contributed by atoms with van der Waals surface area (Å²) in [5.41, 5.74) is 4.89. The van der Waals surface area contributed by atoms with E-state index in [0.29, 0.717) is 17.1 Å². The van der Waals surface area contributed by atoms with Crippen LogP contribution in [0, 0.1) is 20.8 Å². The highest BCUT2D eigenvalue weighted by Gasteiger charge is 2.25. The van der Waals surface area contributed by atoms with E-state index < -0.39 is 10.0 Å². The molecule has 3 aromatic carbocycles. The summed E-state index contributed by atoms with van der Waals surface area (Å²) in [6.07, 6.45) is 0. The van der Waals surface area contributed by atoms with Crippen molar-refractivity contribution >= 4 is 15.7 Å². The van der Waals surface area contributed by atoms with E-state index in [0.717, 1.165) is 22.3 Å². The van der Waals surface area contributed by atoms with Gasteiger partial charge in [-0.15, -0.1) is 0 Å². The summed E-state index contributed by atoms with van der Waals surface area (Å²) in [6, 6.07) is 22.5. The first-order valence-corrected chi connectivity index (χ1v) is 10.0. The van der Waals surface area contributed by atoms with Gasteiger partial charge < -0.3 is 0 Å². The molecule has 4 heteroatoms. The van der Waals surface area contributed by atoms with Gasteiger partial charge in [0.2, 0.25) is 0 Å². The van der Waals surface area contributed by atoms with E-state index in [9.17, 15) is 8.42 Å². The van der Waals surface area contributed by atoms with Crippen LogP contribution in [0.4, 0.5) is 5.69 Å². The van der Waals surface area contributed by atoms with Crippen molar-refractivity contribution in [2.24, 2.45) is 0 Å². The predicted octanol–water partition coefficient (Wildman–Crippen LogP) is 5.01. The molecule has 0 fully saturated rings. The highest BCUT2D eigenvalue weighted by molar-refractivity contribution is 7.92. The molecule has 0 radical (unpaired) electrons. The summed E-state index contributed by atoms with van der Waals surface area (Å²) in [7, 11) is -3.66. The lowest BCUT2D eigenvalue weighted by Crippen LogP contribution is -2.30. The fourth-order valence-corrected chi connectivity index (χ4v) is 4.18. The first-order valence-electron chi connectivity index (χ1n) is 8.58. The molecular formula is C22H23NO2S. The second-order valence-corrected chi connectivity index (χ2v) is 8.51. The maximum absolute atomic E-state index is 13.3. The van der Waals surface area contributed by atoms with Gasteiger partial charge in [-0.3, -0.25) is 4.31 Å². The first-order chi connectivity index (χ1) is 12.4. The van der Waals surface area contributed by atoms with E-state index in [-0.39, 0.29) is 0 Å². The van der Waals surface area contributed by atoms with Gasteiger partial charge in [-0.25, -0.2) is 8.42 Å². The van der Waals surface area contributed by atoms with E-state index in [4.69, 9.17) is 0 Å². The molecule has 3 nitrogen and oxygen atoms in total. The molecule has 0 aliphatic carbocycles. The topological polar surface area (TPSA) is 37.4 Å². The summed E-state index contributed by atoms with van der Waals surface area (Å²) in [5.74, 6) is 0. The summed E-state index contributed by atoms with van der Waals surface area (Å²) in [6.45, 7) is 6.24. The standard InChI is InChI=1S/C22H23NO2S/c1-17-4-10-20(11-5-17)16-23(21-12-6-18(2)7-13-21)26(24,25)22-14-8-19(3)9-15-22/h4-15H,16H2,1-3H3. The number of sulfonamides is 1. The Hall–Kier alpha value is -2.59. The average Bonchev–Trinajstić information content (AvgIpc) is 2.62. The Bertz CT molecular complexity index is 974. The number of aryl methyl sites for hydroxylation is 3. The molecule has 0 unspecified atom stereocenters. The Morgan fingerprint density at radius 3 is 1.58 bits per heavy atom. The van der Waals surface area contributed by atoms with Gasteiger partial charge in [0.05, 0.1) is 17.1 Å². The Kier molecular flexibility index (Phi) is 5.14. The van der Waals surface area contributed by atoms with Gasteiger partial charge in [0, 0.05) is 0 Å². The monoisotopic (exact) mass is 365 g/mol. The van der Waals surface area contributed by atoms with Crippen LogP contribution in [0.15, 0.2) is 77.7 Å². The van der Waals surface area contributed by atoms with Crippen LogP contribution in [0.2, 0.25) is 0 Å². The van der Waals surface area contributed by atoms with Crippen molar-refractivity contribution in [2.75, 3.05) is 4.31 Å². The zero-order valence-corrected chi connectivity index (χ0v) is 16.1. The van der Waals surface area contributed by atoms with Crippen molar-refractivity contribution in [3.05, 3.63) is 95.1 Å². The Balaban J connectivity index is 2.05. The third-order valence-corrected chi connectivity index (χ3v) is 6.17. The number of nitrogens with zero attached hydrogens (tertiary/aromatic N) is 1. The highest BCUT2D eigenvalue weighted by Crippen LogP contribution is 2.26. The lowest BCUT2D eigenvalue weighted by molar-refractivity contribution is 0.590. The quantitative estimate of drug-likeness (QED) is 0.637. The van der Waals surface area contributed by atoms with Gasteiger partial charge in [-0.2, -0.15) is 0 Å². The van der Waals surface area contributed by atoms with Gasteiger partial charge in [0.15, 0.2) is 0 Å². The Labute approximate surface area is 156 Å². The summed E-state index contributed by atoms with van der Waals surface area (Å²) in [5, 5.41) is 0. The van der Waals surface area contributed by atoms with Crippen molar-refractivity contribution in [2.45, 2.75) is 32.2 Å². The fraction of sp³-hybridized carbons (Fsp3) is 0.182. The SMILES string of the molecule is Cc1ccc(CN(c2ccc(C)cc2)S(=O)(=O)c2ccc(C)cc2)cc1. The summed E-state index contributed by atoms with van der Waals surface area (Å²) >= 11 is 0. The molecular weight excluding hydrogens is 342 g/mol. The molecule has 0 amide bonds. The largest absolute Gasteiger partial charge is 0.264 e. The average molecular weight is 365 g/mol. The molecule has 0 aliphatic heterocycles. The molecule has 0 atom stereocenters. The molecule has 0 aliphatic rings. The molecule has 0 aromatic heterocycles. The fourth-order valence-electron chi connectivity index (χ4n) is 2.72. The van der Waals surface area contributed by atoms with E-state index in [1.54, 1.807) is 12.1 Å². The van der Waals surface area contributed by atoms with E-state index in [1.807, 2.05) is 81.4 Å².